The van der Waals surface area contributed by atoms with Crippen LogP contribution in [0, 0.1) is 0 Å². The minimum absolute atomic E-state index is 0. The number of aliphatic hydroxyl groups excluding tert-OH is 1. The van der Waals surface area contributed by atoms with Gasteiger partial charge in [0.2, 0.25) is 5.91 Å². The Kier molecular flexibility index (Phi) is 12.6. The quantitative estimate of drug-likeness (QED) is 0.636. The Morgan fingerprint density at radius 3 is 2.00 bits per heavy atom. The second kappa shape index (κ2) is 8.07. The van der Waals surface area contributed by atoms with E-state index in [2.05, 4.69) is 0 Å². The second-order valence-corrected chi connectivity index (χ2v) is 2.18. The Morgan fingerprint density at radius 1 is 1.55 bits per heavy atom. The minimum Gasteiger partial charge on any atom is -0.382 e. The molecule has 0 bridgehead atoms. The molecule has 70 valence electrons. The minimum atomic E-state index is -1.04. The highest BCUT2D eigenvalue weighted by atomic mass is 35.5. The number of hydrogen-bond acceptors (Lipinski definition) is 3. The van der Waals surface area contributed by atoms with Gasteiger partial charge in [-0.05, 0) is 14.1 Å². The fraction of sp³-hybridized carbons (Fsp3) is 0.800. The summed E-state index contributed by atoms with van der Waals surface area (Å²) < 4.78 is 0. The fourth-order valence-corrected chi connectivity index (χ4v) is 0.436. The molecule has 0 aromatic heterocycles. The van der Waals surface area contributed by atoms with Gasteiger partial charge in [0.1, 0.15) is 6.10 Å². The van der Waals surface area contributed by atoms with Crippen molar-refractivity contribution in [2.75, 3.05) is 20.6 Å². The Bertz CT molecular complexity index is 111. The molecule has 6 heteroatoms. The largest absolute Gasteiger partial charge is 0.382 e. The number of carbonyl (C=O) groups excluding carboxylic acids is 1. The Hall–Kier alpha value is -0.0300. The molecule has 11 heavy (non-hydrogen) atoms. The first-order valence-electron chi connectivity index (χ1n) is 2.66. The first kappa shape index (κ1) is 17.2. The van der Waals surface area contributed by atoms with Crippen LogP contribution in [-0.2, 0) is 4.79 Å². The van der Waals surface area contributed by atoms with Gasteiger partial charge in [-0.15, -0.1) is 24.8 Å². The van der Waals surface area contributed by atoms with Crippen LogP contribution in [0.25, 0.3) is 0 Å². The van der Waals surface area contributed by atoms with E-state index in [1.165, 1.54) is 0 Å². The number of primary amides is 1. The third kappa shape index (κ3) is 9.97. The van der Waals surface area contributed by atoms with Crippen molar-refractivity contribution < 1.29 is 9.90 Å². The van der Waals surface area contributed by atoms with E-state index in [-0.39, 0.29) is 31.4 Å². The van der Waals surface area contributed by atoms with Gasteiger partial charge < -0.3 is 15.7 Å². The van der Waals surface area contributed by atoms with Crippen molar-refractivity contribution in [2.45, 2.75) is 6.10 Å². The predicted octanol–water partition coefficient (Wildman–Crippen LogP) is -0.762. The SMILES string of the molecule is CN(C)C[C@H](O)C(N)=O.Cl.Cl. The topological polar surface area (TPSA) is 66.6 Å². The van der Waals surface area contributed by atoms with Crippen molar-refractivity contribution in [1.29, 1.82) is 0 Å². The zero-order chi connectivity index (χ0) is 7.44. The van der Waals surface area contributed by atoms with E-state index in [4.69, 9.17) is 10.8 Å². The first-order chi connectivity index (χ1) is 4.04. The van der Waals surface area contributed by atoms with E-state index in [0.717, 1.165) is 0 Å². The normalized spacial score (nSPS) is 11.3. The summed E-state index contributed by atoms with van der Waals surface area (Å²) in [5.74, 6) is -0.677. The van der Waals surface area contributed by atoms with Crippen LogP contribution in [0.2, 0.25) is 0 Å². The van der Waals surface area contributed by atoms with Crippen molar-refractivity contribution in [3.8, 4) is 0 Å². The fourth-order valence-electron chi connectivity index (χ4n) is 0.436. The summed E-state index contributed by atoms with van der Waals surface area (Å²) in [4.78, 5) is 11.9. The standard InChI is InChI=1S/C5H12N2O2.2ClH/c1-7(2)3-4(8)5(6)9;;/h4,8H,3H2,1-2H3,(H2,6,9);2*1H/t4-;;/m0../s1. The van der Waals surface area contributed by atoms with Crippen LogP contribution in [0.3, 0.4) is 0 Å². The van der Waals surface area contributed by atoms with E-state index < -0.39 is 12.0 Å². The molecule has 3 N–H and O–H groups in total. The number of aliphatic hydroxyl groups is 1. The Morgan fingerprint density at radius 2 is 1.91 bits per heavy atom. The maximum atomic E-state index is 10.2. The summed E-state index contributed by atoms with van der Waals surface area (Å²) in [6.07, 6.45) is -1.04. The van der Waals surface area contributed by atoms with Crippen molar-refractivity contribution in [1.82, 2.24) is 4.90 Å². The number of nitrogens with two attached hydrogens (primary N) is 1. The van der Waals surface area contributed by atoms with Crippen LogP contribution < -0.4 is 5.73 Å². The predicted molar refractivity (Wildman–Crippen MR) is 48.3 cm³/mol. The van der Waals surface area contributed by atoms with Gasteiger partial charge in [0.15, 0.2) is 0 Å². The van der Waals surface area contributed by atoms with Gasteiger partial charge in [0, 0.05) is 6.54 Å². The highest BCUT2D eigenvalue weighted by molar-refractivity contribution is 5.85. The highest BCUT2D eigenvalue weighted by Gasteiger charge is 2.10. The molecule has 0 spiro atoms. The van der Waals surface area contributed by atoms with E-state index in [1.807, 2.05) is 0 Å². The summed E-state index contributed by atoms with van der Waals surface area (Å²) in [5, 5.41) is 8.78. The van der Waals surface area contributed by atoms with Gasteiger partial charge in [-0.3, -0.25) is 4.79 Å². The lowest BCUT2D eigenvalue weighted by Gasteiger charge is -2.11. The number of halogens is 2. The molecular formula is C5H14Cl2N2O2. The van der Waals surface area contributed by atoms with Gasteiger partial charge >= 0.3 is 0 Å². The molecule has 0 aromatic rings. The number of likely N-dealkylation sites (N-methyl/N-ethyl adjacent to an activating group) is 1. The number of carbonyl (C=O) groups is 1. The van der Waals surface area contributed by atoms with Crippen LogP contribution in [-0.4, -0.2) is 42.7 Å². The number of hydrogen-bond donors (Lipinski definition) is 2. The first-order valence-corrected chi connectivity index (χ1v) is 2.66. The third-order valence-electron chi connectivity index (χ3n) is 0.867. The van der Waals surface area contributed by atoms with E-state index in [0.29, 0.717) is 0 Å². The average Bonchev–Trinajstić information content (AvgIpc) is 1.63. The van der Waals surface area contributed by atoms with Crippen LogP contribution in [0.15, 0.2) is 0 Å². The Balaban J connectivity index is -0.000000320. The molecule has 0 rings (SSSR count). The summed E-state index contributed by atoms with van der Waals surface area (Å²) in [5.41, 5.74) is 4.77. The maximum absolute atomic E-state index is 10.2. The molecule has 0 heterocycles. The van der Waals surface area contributed by atoms with E-state index in [9.17, 15) is 4.79 Å². The third-order valence-corrected chi connectivity index (χ3v) is 0.867. The Labute approximate surface area is 78.6 Å². The second-order valence-electron chi connectivity index (χ2n) is 2.18. The van der Waals surface area contributed by atoms with Crippen LogP contribution in [0.1, 0.15) is 0 Å². The smallest absolute Gasteiger partial charge is 0.247 e. The molecule has 0 radical (unpaired) electrons. The number of rotatable bonds is 3. The van der Waals surface area contributed by atoms with E-state index >= 15 is 0 Å². The molecule has 4 nitrogen and oxygen atoms in total. The van der Waals surface area contributed by atoms with Gasteiger partial charge in [-0.1, -0.05) is 0 Å². The molecular weight excluding hydrogens is 191 g/mol. The summed E-state index contributed by atoms with van der Waals surface area (Å²) in [7, 11) is 3.51. The van der Waals surface area contributed by atoms with Crippen LogP contribution in [0.4, 0.5) is 0 Å². The summed E-state index contributed by atoms with van der Waals surface area (Å²) in [6, 6.07) is 0. The molecule has 0 aliphatic heterocycles. The van der Waals surface area contributed by atoms with Crippen LogP contribution in [0.5, 0.6) is 0 Å². The molecule has 1 atom stereocenters. The maximum Gasteiger partial charge on any atom is 0.247 e. The lowest BCUT2D eigenvalue weighted by molar-refractivity contribution is -0.126. The number of amides is 1. The zero-order valence-electron chi connectivity index (χ0n) is 6.48. The van der Waals surface area contributed by atoms with Crippen molar-refractivity contribution in [3.05, 3.63) is 0 Å². The van der Waals surface area contributed by atoms with Gasteiger partial charge in [-0.2, -0.15) is 0 Å². The van der Waals surface area contributed by atoms with Crippen molar-refractivity contribution in [3.63, 3.8) is 0 Å². The molecule has 0 fully saturated rings. The summed E-state index contributed by atoms with van der Waals surface area (Å²) in [6.45, 7) is 0.287. The van der Waals surface area contributed by atoms with Crippen LogP contribution >= 0.6 is 24.8 Å². The van der Waals surface area contributed by atoms with Crippen molar-refractivity contribution >= 4 is 30.7 Å². The zero-order valence-corrected chi connectivity index (χ0v) is 8.11. The molecule has 0 saturated heterocycles. The summed E-state index contributed by atoms with van der Waals surface area (Å²) >= 11 is 0. The van der Waals surface area contributed by atoms with Gasteiger partial charge in [0.25, 0.3) is 0 Å². The molecule has 0 aliphatic rings. The molecule has 0 saturated carbocycles. The van der Waals surface area contributed by atoms with Gasteiger partial charge in [-0.25, -0.2) is 0 Å². The lowest BCUT2D eigenvalue weighted by Crippen LogP contribution is -2.37. The molecule has 0 aromatic carbocycles. The monoisotopic (exact) mass is 204 g/mol. The number of nitrogens with zero attached hydrogens (tertiary/aromatic N) is 1. The molecule has 1 amide bonds. The average molecular weight is 205 g/mol. The molecule has 0 aliphatic carbocycles. The molecule has 0 unspecified atom stereocenters. The lowest BCUT2D eigenvalue weighted by atomic mass is 10.3. The van der Waals surface area contributed by atoms with Gasteiger partial charge in [0.05, 0.1) is 0 Å². The highest BCUT2D eigenvalue weighted by Crippen LogP contribution is 1.82. The van der Waals surface area contributed by atoms with E-state index in [1.54, 1.807) is 19.0 Å². The van der Waals surface area contributed by atoms with Crippen molar-refractivity contribution in [2.24, 2.45) is 5.73 Å².